The molecule has 0 aromatic heterocycles. The Morgan fingerprint density at radius 3 is 1.91 bits per heavy atom. The van der Waals surface area contributed by atoms with Gasteiger partial charge in [-0.05, 0) is 30.7 Å². The van der Waals surface area contributed by atoms with E-state index in [1.54, 1.807) is 12.1 Å². The Kier molecular flexibility index (Phi) is 7.96. The number of nitrogens with two attached hydrogens (primary N) is 1. The second kappa shape index (κ2) is 8.89. The first kappa shape index (κ1) is 19.7. The van der Waals surface area contributed by atoms with Crippen LogP contribution in [-0.2, 0) is 20.8 Å². The van der Waals surface area contributed by atoms with E-state index in [0.29, 0.717) is 19.4 Å². The van der Waals surface area contributed by atoms with Crippen molar-refractivity contribution in [3.05, 3.63) is 35.6 Å². The lowest BCUT2D eigenvalue weighted by molar-refractivity contribution is -0.159. The first-order valence-corrected chi connectivity index (χ1v) is 6.54. The summed E-state index contributed by atoms with van der Waals surface area (Å²) < 4.78 is 12.7. The second-order valence-corrected chi connectivity index (χ2v) is 5.26. The number of aliphatic carboxylic acids is 2. The number of carboxylic acids is 2. The van der Waals surface area contributed by atoms with Crippen molar-refractivity contribution in [1.29, 1.82) is 0 Å². The van der Waals surface area contributed by atoms with Gasteiger partial charge in [-0.1, -0.05) is 26.0 Å². The fourth-order valence-corrected chi connectivity index (χ4v) is 1.68. The summed E-state index contributed by atoms with van der Waals surface area (Å²) in [6.07, 6.45) is 1.01. The van der Waals surface area contributed by atoms with Gasteiger partial charge in [0.1, 0.15) is 11.6 Å². The molecule has 0 aliphatic rings. The summed E-state index contributed by atoms with van der Waals surface area (Å²) in [7, 11) is 0. The smallest absolute Gasteiger partial charge is 0.414 e. The van der Waals surface area contributed by atoms with Crippen LogP contribution in [0.5, 0.6) is 0 Å². The molecule has 0 bridgehead atoms. The number of benzene rings is 1. The first-order chi connectivity index (χ1) is 10.1. The van der Waals surface area contributed by atoms with Gasteiger partial charge in [0.2, 0.25) is 0 Å². The third kappa shape index (κ3) is 7.49. The Bertz CT molecular complexity index is 513. The largest absolute Gasteiger partial charge is 0.473 e. The number of rotatable bonds is 5. The first-order valence-electron chi connectivity index (χ1n) is 6.54. The summed E-state index contributed by atoms with van der Waals surface area (Å²) in [5.74, 6) is -3.75. The zero-order chi connectivity index (χ0) is 17.3. The minimum Gasteiger partial charge on any atom is -0.473 e. The van der Waals surface area contributed by atoms with Crippen LogP contribution in [0.25, 0.3) is 0 Å². The molecule has 0 saturated heterocycles. The van der Waals surface area contributed by atoms with Gasteiger partial charge in [-0.25, -0.2) is 14.0 Å². The summed E-state index contributed by atoms with van der Waals surface area (Å²) >= 11 is 0. The van der Waals surface area contributed by atoms with E-state index < -0.39 is 17.4 Å². The third-order valence-electron chi connectivity index (χ3n) is 2.87. The van der Waals surface area contributed by atoms with Crippen molar-refractivity contribution in [3.63, 3.8) is 0 Å². The minimum absolute atomic E-state index is 0.152. The molecule has 0 amide bonds. The van der Waals surface area contributed by atoms with Gasteiger partial charge < -0.3 is 15.9 Å². The fourth-order valence-electron chi connectivity index (χ4n) is 1.68. The molecule has 122 valence electrons. The standard InChI is InChI=1S/C13H18FNO.C2H2O4/c1-13(2,12(16)7-8-15)9-10-3-5-11(14)6-4-10;3-1(4)2(5)6/h3-6H,7-9,15H2,1-2H3;(H,3,4)(H,5,6). The molecule has 1 aromatic carbocycles. The highest BCUT2D eigenvalue weighted by atomic mass is 19.1. The number of hydrogen-bond acceptors (Lipinski definition) is 4. The van der Waals surface area contributed by atoms with Gasteiger partial charge in [-0.15, -0.1) is 0 Å². The van der Waals surface area contributed by atoms with Crippen LogP contribution in [-0.4, -0.2) is 34.5 Å². The van der Waals surface area contributed by atoms with Gasteiger partial charge in [0.05, 0.1) is 0 Å². The van der Waals surface area contributed by atoms with Gasteiger partial charge in [0.15, 0.2) is 0 Å². The number of ketones is 1. The van der Waals surface area contributed by atoms with E-state index in [9.17, 15) is 9.18 Å². The molecule has 7 heteroatoms. The van der Waals surface area contributed by atoms with Crippen LogP contribution in [0.2, 0.25) is 0 Å². The van der Waals surface area contributed by atoms with Crippen LogP contribution < -0.4 is 5.73 Å². The maximum Gasteiger partial charge on any atom is 0.414 e. The van der Waals surface area contributed by atoms with Gasteiger partial charge in [-0.2, -0.15) is 0 Å². The van der Waals surface area contributed by atoms with E-state index in [1.807, 2.05) is 13.8 Å². The Labute approximate surface area is 127 Å². The maximum absolute atomic E-state index is 12.7. The van der Waals surface area contributed by atoms with E-state index in [1.165, 1.54) is 12.1 Å². The van der Waals surface area contributed by atoms with E-state index in [4.69, 9.17) is 25.5 Å². The molecule has 0 heterocycles. The van der Waals surface area contributed by atoms with Gasteiger partial charge >= 0.3 is 11.9 Å². The molecule has 0 aliphatic heterocycles. The average Bonchev–Trinajstić information content (AvgIpc) is 2.42. The van der Waals surface area contributed by atoms with Crippen molar-refractivity contribution >= 4 is 17.7 Å². The third-order valence-corrected chi connectivity index (χ3v) is 2.87. The molecule has 0 radical (unpaired) electrons. The molecular formula is C15H20FNO5. The fraction of sp³-hybridized carbons (Fsp3) is 0.400. The zero-order valence-electron chi connectivity index (χ0n) is 12.5. The number of Topliss-reactive ketones (excluding diaryl/α,β-unsaturated/α-hetero) is 1. The van der Waals surface area contributed by atoms with Gasteiger partial charge in [0.25, 0.3) is 0 Å². The molecule has 6 nitrogen and oxygen atoms in total. The van der Waals surface area contributed by atoms with Crippen LogP contribution in [0.4, 0.5) is 4.39 Å². The average molecular weight is 313 g/mol. The molecule has 0 unspecified atom stereocenters. The number of halogens is 1. The normalized spacial score (nSPS) is 10.4. The Morgan fingerprint density at radius 2 is 1.55 bits per heavy atom. The quantitative estimate of drug-likeness (QED) is 0.708. The van der Waals surface area contributed by atoms with E-state index in [2.05, 4.69) is 0 Å². The second-order valence-electron chi connectivity index (χ2n) is 5.26. The van der Waals surface area contributed by atoms with Crippen molar-refractivity contribution in [2.75, 3.05) is 6.54 Å². The van der Waals surface area contributed by atoms with Crippen molar-refractivity contribution < 1.29 is 29.0 Å². The van der Waals surface area contributed by atoms with Gasteiger partial charge in [-0.3, -0.25) is 4.79 Å². The highest BCUT2D eigenvalue weighted by Gasteiger charge is 2.26. The molecule has 0 saturated carbocycles. The zero-order valence-corrected chi connectivity index (χ0v) is 12.5. The molecule has 4 N–H and O–H groups in total. The Balaban J connectivity index is 0.000000626. The molecule has 0 aliphatic carbocycles. The predicted octanol–water partition coefficient (Wildman–Crippen LogP) is 1.47. The van der Waals surface area contributed by atoms with Crippen LogP contribution in [0, 0.1) is 11.2 Å². The number of hydrogen-bond donors (Lipinski definition) is 3. The lowest BCUT2D eigenvalue weighted by atomic mass is 9.80. The Hall–Kier alpha value is -2.28. The van der Waals surface area contributed by atoms with Crippen molar-refractivity contribution in [3.8, 4) is 0 Å². The summed E-state index contributed by atoms with van der Waals surface area (Å²) in [6, 6.07) is 6.26. The van der Waals surface area contributed by atoms with Crippen LogP contribution >= 0.6 is 0 Å². The number of carbonyl (C=O) groups excluding carboxylic acids is 1. The minimum atomic E-state index is -1.82. The number of carboxylic acid groups (broad SMARTS) is 2. The molecule has 1 rings (SSSR count). The topological polar surface area (TPSA) is 118 Å². The van der Waals surface area contributed by atoms with Crippen molar-refractivity contribution in [2.24, 2.45) is 11.1 Å². The lowest BCUT2D eigenvalue weighted by Crippen LogP contribution is -2.28. The summed E-state index contributed by atoms with van der Waals surface area (Å²) in [6.45, 7) is 4.17. The summed E-state index contributed by atoms with van der Waals surface area (Å²) in [4.78, 5) is 30.0. The molecule has 22 heavy (non-hydrogen) atoms. The number of carbonyl (C=O) groups is 3. The molecule has 0 spiro atoms. The highest BCUT2D eigenvalue weighted by molar-refractivity contribution is 6.27. The highest BCUT2D eigenvalue weighted by Crippen LogP contribution is 2.24. The predicted molar refractivity (Wildman–Crippen MR) is 77.8 cm³/mol. The molecule has 0 atom stereocenters. The van der Waals surface area contributed by atoms with Crippen molar-refractivity contribution in [2.45, 2.75) is 26.7 Å². The SMILES string of the molecule is CC(C)(Cc1ccc(F)cc1)C(=O)CCN.O=C(O)C(=O)O. The molecule has 0 fully saturated rings. The van der Waals surface area contributed by atoms with Crippen molar-refractivity contribution in [1.82, 2.24) is 0 Å². The van der Waals surface area contributed by atoms with E-state index in [0.717, 1.165) is 5.56 Å². The van der Waals surface area contributed by atoms with E-state index in [-0.39, 0.29) is 11.6 Å². The summed E-state index contributed by atoms with van der Waals surface area (Å²) in [5.41, 5.74) is 5.90. The summed E-state index contributed by atoms with van der Waals surface area (Å²) in [5, 5.41) is 14.8. The monoisotopic (exact) mass is 313 g/mol. The molecule has 1 aromatic rings. The van der Waals surface area contributed by atoms with E-state index >= 15 is 0 Å². The van der Waals surface area contributed by atoms with Crippen LogP contribution in [0.1, 0.15) is 25.8 Å². The molecular weight excluding hydrogens is 293 g/mol. The van der Waals surface area contributed by atoms with Gasteiger partial charge in [0, 0.05) is 11.8 Å². The maximum atomic E-state index is 12.7. The van der Waals surface area contributed by atoms with Crippen LogP contribution in [0.15, 0.2) is 24.3 Å². The van der Waals surface area contributed by atoms with Crippen LogP contribution in [0.3, 0.4) is 0 Å². The lowest BCUT2D eigenvalue weighted by Gasteiger charge is -2.22. The Morgan fingerprint density at radius 1 is 1.09 bits per heavy atom.